The summed E-state index contributed by atoms with van der Waals surface area (Å²) in [4.78, 5) is 0. The van der Waals surface area contributed by atoms with Crippen LogP contribution in [0.4, 0.5) is 0 Å². The molecule has 0 aromatic carbocycles. The first-order valence-corrected chi connectivity index (χ1v) is 4.36. The van der Waals surface area contributed by atoms with E-state index in [1.807, 2.05) is 0 Å². The molecule has 0 aliphatic carbocycles. The first kappa shape index (κ1) is 11.4. The molecule has 0 atom stereocenters. The number of allylic oxidation sites excluding steroid dienone is 3. The van der Waals surface area contributed by atoms with Crippen molar-refractivity contribution in [3.63, 3.8) is 0 Å². The van der Waals surface area contributed by atoms with Crippen LogP contribution < -0.4 is 0 Å². The predicted molar refractivity (Wildman–Crippen MR) is 54.3 cm³/mol. The summed E-state index contributed by atoms with van der Waals surface area (Å²) in [6.07, 6.45) is 7.40. The number of ether oxygens (including phenoxy) is 1. The molecule has 0 radical (unpaired) electrons. The first-order chi connectivity index (χ1) is 5.52. The van der Waals surface area contributed by atoms with E-state index in [9.17, 15) is 0 Å². The van der Waals surface area contributed by atoms with Crippen LogP contribution >= 0.6 is 0 Å². The first-order valence-electron chi connectivity index (χ1n) is 4.36. The third-order valence-electron chi connectivity index (χ3n) is 1.98. The van der Waals surface area contributed by atoms with Crippen LogP contribution in [-0.2, 0) is 4.74 Å². The second kappa shape index (κ2) is 5.15. The van der Waals surface area contributed by atoms with Gasteiger partial charge in [-0.2, -0.15) is 0 Å². The molecule has 1 nitrogen and oxygen atoms in total. The molecule has 0 spiro atoms. The second-order valence-corrected chi connectivity index (χ2v) is 3.55. The van der Waals surface area contributed by atoms with Crippen LogP contribution in [0.25, 0.3) is 0 Å². The Labute approximate surface area is 76.1 Å². The molecule has 0 heterocycles. The standard InChI is InChI=1S/C11H20O/c1-6-10(2)8-7-9-11(3,4)12-5/h6-7,9H,8H2,1-5H3/b9-7+,10-6+. The van der Waals surface area contributed by atoms with Gasteiger partial charge in [0, 0.05) is 7.11 Å². The highest BCUT2D eigenvalue weighted by Gasteiger charge is 2.09. The molecular formula is C11H20O. The fourth-order valence-corrected chi connectivity index (χ4v) is 0.715. The molecule has 0 aromatic heterocycles. The van der Waals surface area contributed by atoms with Crippen molar-refractivity contribution in [1.82, 2.24) is 0 Å². The Balaban J connectivity index is 3.92. The van der Waals surface area contributed by atoms with Crippen molar-refractivity contribution in [1.29, 1.82) is 0 Å². The van der Waals surface area contributed by atoms with Gasteiger partial charge in [0.05, 0.1) is 5.60 Å². The van der Waals surface area contributed by atoms with Crippen molar-refractivity contribution in [3.05, 3.63) is 23.8 Å². The number of methoxy groups -OCH3 is 1. The van der Waals surface area contributed by atoms with Gasteiger partial charge >= 0.3 is 0 Å². The SMILES string of the molecule is C/C=C(\C)C/C=C/C(C)(C)OC. The van der Waals surface area contributed by atoms with Crippen LogP contribution in [0.2, 0.25) is 0 Å². The molecule has 0 N–H and O–H groups in total. The third kappa shape index (κ3) is 5.14. The molecule has 0 saturated heterocycles. The highest BCUT2D eigenvalue weighted by Crippen LogP contribution is 2.10. The molecule has 70 valence electrons. The van der Waals surface area contributed by atoms with Crippen LogP contribution in [0.3, 0.4) is 0 Å². The summed E-state index contributed by atoms with van der Waals surface area (Å²) >= 11 is 0. The van der Waals surface area contributed by atoms with Crippen LogP contribution in [0.5, 0.6) is 0 Å². The highest BCUT2D eigenvalue weighted by molar-refractivity contribution is 5.06. The van der Waals surface area contributed by atoms with Gasteiger partial charge in [-0.25, -0.2) is 0 Å². The minimum Gasteiger partial charge on any atom is -0.375 e. The van der Waals surface area contributed by atoms with Gasteiger partial charge in [-0.1, -0.05) is 23.8 Å². The van der Waals surface area contributed by atoms with E-state index in [4.69, 9.17) is 4.74 Å². The monoisotopic (exact) mass is 168 g/mol. The van der Waals surface area contributed by atoms with Crippen molar-refractivity contribution >= 4 is 0 Å². The Morgan fingerprint density at radius 2 is 2.00 bits per heavy atom. The third-order valence-corrected chi connectivity index (χ3v) is 1.98. The summed E-state index contributed by atoms with van der Waals surface area (Å²) in [6, 6.07) is 0. The number of rotatable bonds is 4. The lowest BCUT2D eigenvalue weighted by Crippen LogP contribution is -2.18. The molecule has 0 amide bonds. The van der Waals surface area contributed by atoms with Crippen molar-refractivity contribution in [2.75, 3.05) is 7.11 Å². The van der Waals surface area contributed by atoms with E-state index in [0.717, 1.165) is 6.42 Å². The molecule has 0 bridgehead atoms. The van der Waals surface area contributed by atoms with Gasteiger partial charge in [0.25, 0.3) is 0 Å². The van der Waals surface area contributed by atoms with Gasteiger partial charge in [-0.15, -0.1) is 0 Å². The summed E-state index contributed by atoms with van der Waals surface area (Å²) in [5.74, 6) is 0. The zero-order valence-corrected chi connectivity index (χ0v) is 8.85. The van der Waals surface area contributed by atoms with Gasteiger partial charge in [0.1, 0.15) is 0 Å². The lowest BCUT2D eigenvalue weighted by Gasteiger charge is -2.17. The molecule has 0 fully saturated rings. The molecule has 0 aliphatic heterocycles. The maximum absolute atomic E-state index is 5.25. The van der Waals surface area contributed by atoms with E-state index in [1.54, 1.807) is 7.11 Å². The van der Waals surface area contributed by atoms with Crippen LogP contribution in [0, 0.1) is 0 Å². The Morgan fingerprint density at radius 3 is 2.42 bits per heavy atom. The maximum Gasteiger partial charge on any atom is 0.0802 e. The maximum atomic E-state index is 5.25. The quantitative estimate of drug-likeness (QED) is 0.585. The summed E-state index contributed by atoms with van der Waals surface area (Å²) in [5, 5.41) is 0. The van der Waals surface area contributed by atoms with Crippen LogP contribution in [0.1, 0.15) is 34.1 Å². The molecule has 0 rings (SSSR count). The van der Waals surface area contributed by atoms with Gasteiger partial charge in [0.15, 0.2) is 0 Å². The Hall–Kier alpha value is -0.560. The fourth-order valence-electron chi connectivity index (χ4n) is 0.715. The molecule has 0 aliphatic rings. The average molecular weight is 168 g/mol. The van der Waals surface area contributed by atoms with E-state index in [1.165, 1.54) is 5.57 Å². The van der Waals surface area contributed by atoms with E-state index in [-0.39, 0.29) is 5.60 Å². The van der Waals surface area contributed by atoms with Gasteiger partial charge < -0.3 is 4.74 Å². The molecule has 12 heavy (non-hydrogen) atoms. The average Bonchev–Trinajstić information content (AvgIpc) is 2.04. The summed E-state index contributed by atoms with van der Waals surface area (Å²) < 4.78 is 5.25. The minimum atomic E-state index is -0.131. The van der Waals surface area contributed by atoms with Crippen molar-refractivity contribution < 1.29 is 4.74 Å². The number of hydrogen-bond donors (Lipinski definition) is 0. The largest absolute Gasteiger partial charge is 0.375 e. The second-order valence-electron chi connectivity index (χ2n) is 3.55. The fraction of sp³-hybridized carbons (Fsp3) is 0.636. The van der Waals surface area contributed by atoms with Crippen LogP contribution in [-0.4, -0.2) is 12.7 Å². The van der Waals surface area contributed by atoms with Gasteiger partial charge in [-0.05, 0) is 34.1 Å². The Morgan fingerprint density at radius 1 is 1.42 bits per heavy atom. The van der Waals surface area contributed by atoms with Crippen molar-refractivity contribution in [2.24, 2.45) is 0 Å². The molecular weight excluding hydrogens is 148 g/mol. The summed E-state index contributed by atoms with van der Waals surface area (Å²) in [6.45, 7) is 8.29. The summed E-state index contributed by atoms with van der Waals surface area (Å²) in [5.41, 5.74) is 1.26. The molecule has 0 saturated carbocycles. The Kier molecular flexibility index (Phi) is 4.91. The van der Waals surface area contributed by atoms with Crippen LogP contribution in [0.15, 0.2) is 23.8 Å². The lowest BCUT2D eigenvalue weighted by molar-refractivity contribution is 0.0654. The Bertz CT molecular complexity index is 175. The molecule has 0 aromatic rings. The highest BCUT2D eigenvalue weighted by atomic mass is 16.5. The zero-order valence-electron chi connectivity index (χ0n) is 8.85. The van der Waals surface area contributed by atoms with E-state index in [0.29, 0.717) is 0 Å². The molecule has 1 heteroatoms. The smallest absolute Gasteiger partial charge is 0.0802 e. The van der Waals surface area contributed by atoms with E-state index < -0.39 is 0 Å². The predicted octanol–water partition coefficient (Wildman–Crippen LogP) is 3.32. The number of hydrogen-bond acceptors (Lipinski definition) is 1. The lowest BCUT2D eigenvalue weighted by atomic mass is 10.1. The van der Waals surface area contributed by atoms with Gasteiger partial charge in [0.2, 0.25) is 0 Å². The van der Waals surface area contributed by atoms with Crippen molar-refractivity contribution in [2.45, 2.75) is 39.7 Å². The zero-order chi connectivity index (χ0) is 9.61. The minimum absolute atomic E-state index is 0.131. The summed E-state index contributed by atoms with van der Waals surface area (Å²) in [7, 11) is 1.73. The van der Waals surface area contributed by atoms with Gasteiger partial charge in [-0.3, -0.25) is 0 Å². The molecule has 0 unspecified atom stereocenters. The van der Waals surface area contributed by atoms with Crippen molar-refractivity contribution in [3.8, 4) is 0 Å². The van der Waals surface area contributed by atoms with E-state index in [2.05, 4.69) is 45.9 Å². The topological polar surface area (TPSA) is 9.23 Å². The normalized spacial score (nSPS) is 14.2. The van der Waals surface area contributed by atoms with E-state index >= 15 is 0 Å².